The molecule has 2 nitrogen and oxygen atoms in total. The highest BCUT2D eigenvalue weighted by molar-refractivity contribution is 9.10. The second-order valence-electron chi connectivity index (χ2n) is 2.62. The molecule has 0 atom stereocenters. The number of carbonyl (C=O) groups is 1. The average Bonchev–Trinajstić information content (AvgIpc) is 2.18. The quantitative estimate of drug-likeness (QED) is 0.673. The molecule has 0 bridgehead atoms. The number of carboxylic acid groups (broad SMARTS) is 1. The van der Waals surface area contributed by atoms with Gasteiger partial charge >= 0.3 is 5.97 Å². The zero-order valence-electron chi connectivity index (χ0n) is 6.95. The minimum atomic E-state index is -1.59. The van der Waals surface area contributed by atoms with Crippen molar-refractivity contribution in [2.24, 2.45) is 0 Å². The molecular formula is C8H3BrClF3O2. The molecule has 0 fully saturated rings. The zero-order valence-corrected chi connectivity index (χ0v) is 9.29. The first-order valence-electron chi connectivity index (χ1n) is 3.58. The Kier molecular flexibility index (Phi) is 3.62. The van der Waals surface area contributed by atoms with E-state index in [0.717, 1.165) is 0 Å². The van der Waals surface area contributed by atoms with E-state index in [0.29, 0.717) is 0 Å². The molecule has 0 aliphatic carbocycles. The fourth-order valence-electron chi connectivity index (χ4n) is 0.957. The summed E-state index contributed by atoms with van der Waals surface area (Å²) in [5.41, 5.74) is -0.609. The zero-order chi connectivity index (χ0) is 11.7. The Morgan fingerprint density at radius 1 is 1.27 bits per heavy atom. The van der Waals surface area contributed by atoms with Crippen LogP contribution < -0.4 is 0 Å². The maximum atomic E-state index is 13.1. The lowest BCUT2D eigenvalue weighted by atomic mass is 10.1. The molecule has 1 rings (SSSR count). The van der Waals surface area contributed by atoms with Crippen LogP contribution in [-0.4, -0.2) is 11.1 Å². The van der Waals surface area contributed by atoms with Gasteiger partial charge in [0.1, 0.15) is 5.02 Å². The third-order valence-electron chi connectivity index (χ3n) is 1.63. The summed E-state index contributed by atoms with van der Waals surface area (Å²) in [5, 5.41) is 7.40. The largest absolute Gasteiger partial charge is 0.481 e. The average molecular weight is 303 g/mol. The van der Waals surface area contributed by atoms with Gasteiger partial charge in [-0.05, 0) is 15.9 Å². The molecule has 0 aliphatic rings. The van der Waals surface area contributed by atoms with Crippen LogP contribution in [-0.2, 0) is 11.2 Å². The monoisotopic (exact) mass is 302 g/mol. The van der Waals surface area contributed by atoms with Crippen LogP contribution in [0.3, 0.4) is 0 Å². The Morgan fingerprint density at radius 2 is 1.80 bits per heavy atom. The molecule has 0 heterocycles. The summed E-state index contributed by atoms with van der Waals surface area (Å²) in [5.74, 6) is -5.67. The van der Waals surface area contributed by atoms with Crippen molar-refractivity contribution in [3.63, 3.8) is 0 Å². The maximum absolute atomic E-state index is 13.1. The fraction of sp³-hybridized carbons (Fsp3) is 0.125. The lowest BCUT2D eigenvalue weighted by molar-refractivity contribution is -0.136. The van der Waals surface area contributed by atoms with Crippen molar-refractivity contribution in [2.45, 2.75) is 6.42 Å². The molecular weight excluding hydrogens is 300 g/mol. The number of halogens is 5. The van der Waals surface area contributed by atoms with Crippen LogP contribution in [0.1, 0.15) is 5.56 Å². The van der Waals surface area contributed by atoms with Crippen molar-refractivity contribution in [1.82, 2.24) is 0 Å². The Balaban J connectivity index is 3.45. The summed E-state index contributed by atoms with van der Waals surface area (Å²) in [6.07, 6.45) is -0.836. The van der Waals surface area contributed by atoms with Crippen molar-refractivity contribution < 1.29 is 23.1 Å². The standard InChI is InChI=1S/C8H3BrClF3O2/c9-4-2(1-3(14)15)6(11)8(13)5(10)7(4)12/h1H2,(H,14,15). The van der Waals surface area contributed by atoms with Crippen LogP contribution >= 0.6 is 27.5 Å². The van der Waals surface area contributed by atoms with Crippen molar-refractivity contribution in [2.75, 3.05) is 0 Å². The van der Waals surface area contributed by atoms with Crippen LogP contribution in [0.15, 0.2) is 4.47 Å². The van der Waals surface area contributed by atoms with Crippen molar-refractivity contribution in [1.29, 1.82) is 0 Å². The lowest BCUT2D eigenvalue weighted by Gasteiger charge is -2.07. The van der Waals surface area contributed by atoms with Gasteiger partial charge in [0.25, 0.3) is 0 Å². The Bertz CT molecular complexity index is 407. The lowest BCUT2D eigenvalue weighted by Crippen LogP contribution is -2.07. The second kappa shape index (κ2) is 4.40. The van der Waals surface area contributed by atoms with Gasteiger partial charge in [0.15, 0.2) is 17.5 Å². The SMILES string of the molecule is O=C(O)Cc1c(F)c(F)c(Cl)c(F)c1Br. The van der Waals surface area contributed by atoms with Gasteiger partial charge in [-0.1, -0.05) is 11.6 Å². The molecule has 1 N–H and O–H groups in total. The molecule has 0 amide bonds. The minimum absolute atomic E-state index is 0.478. The molecule has 0 radical (unpaired) electrons. The molecule has 15 heavy (non-hydrogen) atoms. The molecule has 0 saturated carbocycles. The molecule has 7 heteroatoms. The Labute approximate surface area is 95.8 Å². The van der Waals surface area contributed by atoms with Gasteiger partial charge in [-0.15, -0.1) is 0 Å². The van der Waals surface area contributed by atoms with Gasteiger partial charge in [-0.2, -0.15) is 0 Å². The second-order valence-corrected chi connectivity index (χ2v) is 3.79. The summed E-state index contributed by atoms with van der Waals surface area (Å²) < 4.78 is 38.7. The molecule has 0 spiro atoms. The van der Waals surface area contributed by atoms with Crippen molar-refractivity contribution in [3.05, 3.63) is 32.5 Å². The number of hydrogen-bond acceptors (Lipinski definition) is 1. The normalized spacial score (nSPS) is 10.5. The van der Waals surface area contributed by atoms with Gasteiger partial charge < -0.3 is 5.11 Å². The maximum Gasteiger partial charge on any atom is 0.307 e. The first kappa shape index (κ1) is 12.3. The van der Waals surface area contributed by atoms with Gasteiger partial charge in [-0.25, -0.2) is 13.2 Å². The fourth-order valence-corrected chi connectivity index (χ4v) is 1.76. The van der Waals surface area contributed by atoms with Gasteiger partial charge in [0.2, 0.25) is 0 Å². The first-order valence-corrected chi connectivity index (χ1v) is 4.75. The third-order valence-corrected chi connectivity index (χ3v) is 2.79. The highest BCUT2D eigenvalue weighted by Gasteiger charge is 2.23. The van der Waals surface area contributed by atoms with Crippen molar-refractivity contribution in [3.8, 4) is 0 Å². The van der Waals surface area contributed by atoms with Crippen LogP contribution in [0.4, 0.5) is 13.2 Å². The van der Waals surface area contributed by atoms with E-state index in [1.165, 1.54) is 0 Å². The van der Waals surface area contributed by atoms with E-state index < -0.39 is 44.9 Å². The molecule has 0 saturated heterocycles. The van der Waals surface area contributed by atoms with E-state index in [4.69, 9.17) is 16.7 Å². The van der Waals surface area contributed by atoms with E-state index in [1.54, 1.807) is 0 Å². The van der Waals surface area contributed by atoms with Crippen LogP contribution in [0, 0.1) is 17.5 Å². The minimum Gasteiger partial charge on any atom is -0.481 e. The van der Waals surface area contributed by atoms with Crippen LogP contribution in [0.2, 0.25) is 5.02 Å². The number of aliphatic carboxylic acids is 1. The predicted octanol–water partition coefficient (Wildman–Crippen LogP) is 3.15. The molecule has 0 aromatic heterocycles. The Morgan fingerprint density at radius 3 is 2.27 bits per heavy atom. The third kappa shape index (κ3) is 2.26. The van der Waals surface area contributed by atoms with E-state index in [1.807, 2.05) is 0 Å². The summed E-state index contributed by atoms with van der Waals surface area (Å²) in [6.45, 7) is 0. The van der Waals surface area contributed by atoms with Gasteiger partial charge in [0.05, 0.1) is 10.9 Å². The van der Waals surface area contributed by atoms with E-state index in [-0.39, 0.29) is 0 Å². The van der Waals surface area contributed by atoms with E-state index in [2.05, 4.69) is 15.9 Å². The van der Waals surface area contributed by atoms with Crippen LogP contribution in [0.5, 0.6) is 0 Å². The van der Waals surface area contributed by atoms with Crippen LogP contribution in [0.25, 0.3) is 0 Å². The highest BCUT2D eigenvalue weighted by Crippen LogP contribution is 2.32. The molecule has 0 aliphatic heterocycles. The van der Waals surface area contributed by atoms with Gasteiger partial charge in [-0.3, -0.25) is 4.79 Å². The van der Waals surface area contributed by atoms with E-state index in [9.17, 15) is 18.0 Å². The molecule has 82 valence electrons. The summed E-state index contributed by atoms with van der Waals surface area (Å²) in [7, 11) is 0. The predicted molar refractivity (Wildman–Crippen MR) is 50.4 cm³/mol. The molecule has 1 aromatic rings. The summed E-state index contributed by atoms with van der Waals surface area (Å²) in [4.78, 5) is 10.3. The summed E-state index contributed by atoms with van der Waals surface area (Å²) in [6, 6.07) is 0. The highest BCUT2D eigenvalue weighted by atomic mass is 79.9. The van der Waals surface area contributed by atoms with E-state index >= 15 is 0 Å². The molecule has 0 unspecified atom stereocenters. The number of carboxylic acids is 1. The number of hydrogen-bond donors (Lipinski definition) is 1. The number of rotatable bonds is 2. The topological polar surface area (TPSA) is 37.3 Å². The van der Waals surface area contributed by atoms with Gasteiger partial charge in [0, 0.05) is 5.56 Å². The number of benzene rings is 1. The smallest absolute Gasteiger partial charge is 0.307 e. The first-order chi connectivity index (χ1) is 6.86. The molecule has 1 aromatic carbocycles. The van der Waals surface area contributed by atoms with Crippen molar-refractivity contribution >= 4 is 33.5 Å². The Hall–Kier alpha value is -0.750. The summed E-state index contributed by atoms with van der Waals surface area (Å²) >= 11 is 7.74.